The standard InChI is InChI=1S/C29H32N8O3/c1-2-4-22(38)7-8-27(39)35-11-9-34(10-12-35)19-21-17-26-29(36-13-15-40-16-14-36)31-28(33-37(26)20-21)23-5-3-6-25-24(23)18-30-32-25/h3,5-6,17-18,20H,7-16,19H2,1H3,(H,30,32). The molecule has 0 aliphatic carbocycles. The molecule has 5 heterocycles. The summed E-state index contributed by atoms with van der Waals surface area (Å²) in [5.41, 5.74) is 3.99. The Hall–Kier alpha value is -4.27. The molecule has 0 atom stereocenters. The number of nitrogens with one attached hydrogen (secondary N) is 1. The van der Waals surface area contributed by atoms with Gasteiger partial charge >= 0.3 is 0 Å². The molecule has 0 radical (unpaired) electrons. The van der Waals surface area contributed by atoms with Gasteiger partial charge in [-0.25, -0.2) is 9.50 Å². The van der Waals surface area contributed by atoms with Crippen LogP contribution in [-0.4, -0.2) is 98.8 Å². The first-order valence-corrected chi connectivity index (χ1v) is 13.7. The fourth-order valence-corrected chi connectivity index (χ4v) is 5.40. The van der Waals surface area contributed by atoms with Crippen molar-refractivity contribution < 1.29 is 14.3 Å². The Bertz CT molecular complexity index is 1600. The molecule has 2 saturated heterocycles. The van der Waals surface area contributed by atoms with E-state index in [1.165, 1.54) is 0 Å². The van der Waals surface area contributed by atoms with Crippen LogP contribution >= 0.6 is 0 Å². The lowest BCUT2D eigenvalue weighted by molar-refractivity contribution is -0.134. The lowest BCUT2D eigenvalue weighted by Gasteiger charge is -2.34. The SMILES string of the molecule is CC#CC(=O)CCC(=O)N1CCN(Cc2cc3c(N4CCOCC4)nc(-c4cccc5[nH]ncc45)nn3c2)CC1. The molecule has 2 fully saturated rings. The van der Waals surface area contributed by atoms with Gasteiger partial charge in [-0.2, -0.15) is 5.10 Å². The first-order valence-electron chi connectivity index (χ1n) is 13.7. The maximum absolute atomic E-state index is 12.6. The molecular weight excluding hydrogens is 508 g/mol. The number of ether oxygens (including phenoxy) is 1. The molecule has 6 rings (SSSR count). The molecule has 0 bridgehead atoms. The molecule has 0 unspecified atom stereocenters. The summed E-state index contributed by atoms with van der Waals surface area (Å²) in [5.74, 6) is 6.49. The fourth-order valence-electron chi connectivity index (χ4n) is 5.40. The van der Waals surface area contributed by atoms with Crippen LogP contribution in [0.1, 0.15) is 25.3 Å². The predicted octanol–water partition coefficient (Wildman–Crippen LogP) is 2.13. The van der Waals surface area contributed by atoms with Gasteiger partial charge in [0, 0.05) is 75.8 Å². The minimum atomic E-state index is -0.181. The Morgan fingerprint density at radius 3 is 2.70 bits per heavy atom. The summed E-state index contributed by atoms with van der Waals surface area (Å²) in [6.07, 6.45) is 4.30. The number of benzene rings is 1. The third kappa shape index (κ3) is 5.41. The Labute approximate surface area is 232 Å². The van der Waals surface area contributed by atoms with Gasteiger partial charge in [-0.3, -0.25) is 19.6 Å². The third-order valence-electron chi connectivity index (χ3n) is 7.50. The molecule has 1 aromatic carbocycles. The molecule has 2 aliphatic rings. The van der Waals surface area contributed by atoms with E-state index in [0.29, 0.717) is 32.1 Å². The number of amides is 1. The monoisotopic (exact) mass is 540 g/mol. The van der Waals surface area contributed by atoms with Crippen molar-refractivity contribution in [1.82, 2.24) is 34.6 Å². The molecular formula is C29H32N8O3. The van der Waals surface area contributed by atoms with E-state index in [9.17, 15) is 9.59 Å². The van der Waals surface area contributed by atoms with Crippen molar-refractivity contribution in [2.24, 2.45) is 0 Å². The first-order chi connectivity index (χ1) is 19.6. The number of hydrogen-bond acceptors (Lipinski definition) is 8. The van der Waals surface area contributed by atoms with Gasteiger partial charge in [-0.05, 0) is 30.5 Å². The summed E-state index contributed by atoms with van der Waals surface area (Å²) in [6.45, 7) is 8.11. The summed E-state index contributed by atoms with van der Waals surface area (Å²) < 4.78 is 7.54. The van der Waals surface area contributed by atoms with Crippen LogP contribution in [0.5, 0.6) is 0 Å². The summed E-state index contributed by atoms with van der Waals surface area (Å²) in [5, 5.41) is 13.1. The lowest BCUT2D eigenvalue weighted by atomic mass is 10.1. The maximum Gasteiger partial charge on any atom is 0.223 e. The van der Waals surface area contributed by atoms with E-state index in [2.05, 4.69) is 44.1 Å². The third-order valence-corrected chi connectivity index (χ3v) is 7.50. The highest BCUT2D eigenvalue weighted by Crippen LogP contribution is 2.29. The highest BCUT2D eigenvalue weighted by Gasteiger charge is 2.24. The largest absolute Gasteiger partial charge is 0.378 e. The second-order valence-electron chi connectivity index (χ2n) is 10.1. The topological polar surface area (TPSA) is 112 Å². The summed E-state index contributed by atoms with van der Waals surface area (Å²) in [4.78, 5) is 35.7. The number of Topliss-reactive ketones (excluding diaryl/α,β-unsaturated/α-hetero) is 1. The van der Waals surface area contributed by atoms with E-state index < -0.39 is 0 Å². The number of fused-ring (bicyclic) bond motifs is 2. The normalized spacial score (nSPS) is 16.3. The number of carbonyl (C=O) groups is 2. The maximum atomic E-state index is 12.6. The summed E-state index contributed by atoms with van der Waals surface area (Å²) in [7, 11) is 0. The van der Waals surface area contributed by atoms with Crippen LogP contribution in [-0.2, 0) is 20.9 Å². The van der Waals surface area contributed by atoms with Crippen molar-refractivity contribution in [2.75, 3.05) is 57.4 Å². The number of carbonyl (C=O) groups excluding carboxylic acids is 2. The van der Waals surface area contributed by atoms with E-state index in [1.54, 1.807) is 6.92 Å². The van der Waals surface area contributed by atoms with E-state index in [4.69, 9.17) is 14.8 Å². The van der Waals surface area contributed by atoms with E-state index in [-0.39, 0.29) is 24.5 Å². The Morgan fingerprint density at radius 2 is 1.90 bits per heavy atom. The molecule has 206 valence electrons. The average Bonchev–Trinajstić information content (AvgIpc) is 3.63. The van der Waals surface area contributed by atoms with Crippen molar-refractivity contribution in [1.29, 1.82) is 0 Å². The number of aromatic nitrogens is 5. The number of aromatic amines is 1. The number of morpholine rings is 1. The van der Waals surface area contributed by atoms with Crippen molar-refractivity contribution >= 4 is 33.9 Å². The van der Waals surface area contributed by atoms with Crippen LogP contribution in [0.4, 0.5) is 5.82 Å². The molecule has 40 heavy (non-hydrogen) atoms. The van der Waals surface area contributed by atoms with Crippen molar-refractivity contribution in [3.8, 4) is 23.2 Å². The molecule has 4 aromatic rings. The van der Waals surface area contributed by atoms with Crippen LogP contribution in [0.2, 0.25) is 0 Å². The molecule has 3 aromatic heterocycles. The average molecular weight is 541 g/mol. The minimum absolute atomic E-state index is 0.0195. The number of piperazine rings is 1. The van der Waals surface area contributed by atoms with Gasteiger partial charge in [-0.1, -0.05) is 18.1 Å². The molecule has 11 nitrogen and oxygen atoms in total. The van der Waals surface area contributed by atoms with E-state index in [1.807, 2.05) is 33.8 Å². The van der Waals surface area contributed by atoms with E-state index >= 15 is 0 Å². The van der Waals surface area contributed by atoms with Crippen LogP contribution in [0.25, 0.3) is 27.8 Å². The molecule has 2 aliphatic heterocycles. The minimum Gasteiger partial charge on any atom is -0.378 e. The zero-order valence-electron chi connectivity index (χ0n) is 22.6. The van der Waals surface area contributed by atoms with E-state index in [0.717, 1.165) is 66.1 Å². The zero-order valence-corrected chi connectivity index (χ0v) is 22.6. The second kappa shape index (κ2) is 11.5. The van der Waals surface area contributed by atoms with Crippen LogP contribution in [0.3, 0.4) is 0 Å². The smallest absolute Gasteiger partial charge is 0.223 e. The number of H-pyrrole nitrogens is 1. The first kappa shape index (κ1) is 26.0. The highest BCUT2D eigenvalue weighted by molar-refractivity contribution is 5.97. The molecule has 1 N–H and O–H groups in total. The van der Waals surface area contributed by atoms with Gasteiger partial charge in [0.25, 0.3) is 0 Å². The Balaban J connectivity index is 1.21. The number of nitrogens with zero attached hydrogens (tertiary/aromatic N) is 7. The van der Waals surface area contributed by atoms with Crippen LogP contribution in [0, 0.1) is 11.8 Å². The highest BCUT2D eigenvalue weighted by atomic mass is 16.5. The van der Waals surface area contributed by atoms with Gasteiger partial charge in [-0.15, -0.1) is 5.10 Å². The predicted molar refractivity (Wildman–Crippen MR) is 151 cm³/mol. The van der Waals surface area contributed by atoms with Crippen molar-refractivity contribution in [3.05, 3.63) is 42.2 Å². The fraction of sp³-hybridized carbons (Fsp3) is 0.414. The zero-order chi connectivity index (χ0) is 27.5. The molecule has 0 spiro atoms. The second-order valence-corrected chi connectivity index (χ2v) is 10.1. The molecule has 0 saturated carbocycles. The quantitative estimate of drug-likeness (QED) is 0.280. The Kier molecular flexibility index (Phi) is 7.44. The van der Waals surface area contributed by atoms with Gasteiger partial charge in [0.2, 0.25) is 11.7 Å². The van der Waals surface area contributed by atoms with Crippen molar-refractivity contribution in [2.45, 2.75) is 26.3 Å². The number of hydrogen-bond donors (Lipinski definition) is 1. The molecule has 1 amide bonds. The lowest BCUT2D eigenvalue weighted by Crippen LogP contribution is -2.48. The molecule has 11 heteroatoms. The van der Waals surface area contributed by atoms with Gasteiger partial charge in [0.15, 0.2) is 11.6 Å². The van der Waals surface area contributed by atoms with Crippen LogP contribution < -0.4 is 4.90 Å². The number of anilines is 1. The van der Waals surface area contributed by atoms with Crippen molar-refractivity contribution in [3.63, 3.8) is 0 Å². The van der Waals surface area contributed by atoms with Gasteiger partial charge in [0.1, 0.15) is 5.52 Å². The Morgan fingerprint density at radius 1 is 1.07 bits per heavy atom. The van der Waals surface area contributed by atoms with Gasteiger partial charge in [0.05, 0.1) is 24.9 Å². The number of rotatable bonds is 7. The summed E-state index contributed by atoms with van der Waals surface area (Å²) >= 11 is 0. The number of ketones is 1. The summed E-state index contributed by atoms with van der Waals surface area (Å²) in [6, 6.07) is 8.18. The van der Waals surface area contributed by atoms with Crippen LogP contribution in [0.15, 0.2) is 36.7 Å². The van der Waals surface area contributed by atoms with Gasteiger partial charge < -0.3 is 14.5 Å².